The van der Waals surface area contributed by atoms with Crippen LogP contribution in [0.1, 0.15) is 11.6 Å². The summed E-state index contributed by atoms with van der Waals surface area (Å²) in [5, 5.41) is 0. The van der Waals surface area contributed by atoms with Crippen LogP contribution in [0.3, 0.4) is 0 Å². The second-order valence-electron chi connectivity index (χ2n) is 8.10. The van der Waals surface area contributed by atoms with E-state index in [0.29, 0.717) is 12.0 Å². The zero-order chi connectivity index (χ0) is 20.2. The summed E-state index contributed by atoms with van der Waals surface area (Å²) in [5.41, 5.74) is 10.8. The Hall–Kier alpha value is -2.80. The molecule has 2 saturated heterocycles. The summed E-state index contributed by atoms with van der Waals surface area (Å²) in [6, 6.07) is 19.9. The number of anilines is 1. The number of nitrogens with zero attached hydrogens (tertiary/aromatic N) is 4. The topological polar surface area (TPSA) is 56.3 Å². The minimum absolute atomic E-state index is 0.341. The van der Waals surface area contributed by atoms with Gasteiger partial charge in [0.1, 0.15) is 5.82 Å². The van der Waals surface area contributed by atoms with Gasteiger partial charge in [0.25, 0.3) is 0 Å². The summed E-state index contributed by atoms with van der Waals surface area (Å²) >= 11 is 0. The first-order valence-electron chi connectivity index (χ1n) is 10.7. The maximum Gasteiger partial charge on any atom is 0.147 e. The zero-order valence-corrected chi connectivity index (χ0v) is 17.1. The van der Waals surface area contributed by atoms with Crippen LogP contribution in [-0.4, -0.2) is 54.1 Å². The molecule has 0 amide bonds. The number of nitrogens with one attached hydrogen (secondary N) is 2. The predicted molar refractivity (Wildman–Crippen MR) is 120 cm³/mol. The zero-order valence-electron chi connectivity index (χ0n) is 17.1. The molecule has 2 aliphatic heterocycles. The van der Waals surface area contributed by atoms with Crippen molar-refractivity contribution >= 4 is 5.82 Å². The largest absolute Gasteiger partial charge is 0.353 e. The molecule has 0 bridgehead atoms. The fourth-order valence-corrected chi connectivity index (χ4v) is 4.52. The highest BCUT2D eigenvalue weighted by molar-refractivity contribution is 5.63. The van der Waals surface area contributed by atoms with E-state index in [4.69, 9.17) is 0 Å². The van der Waals surface area contributed by atoms with Gasteiger partial charge < -0.3 is 4.90 Å². The van der Waals surface area contributed by atoms with E-state index in [2.05, 4.69) is 85.2 Å². The van der Waals surface area contributed by atoms with Crippen LogP contribution in [0.4, 0.5) is 5.82 Å². The van der Waals surface area contributed by atoms with Gasteiger partial charge in [0, 0.05) is 57.6 Å². The normalized spacial score (nSPS) is 22.3. The Bertz CT molecular complexity index is 923. The number of hydrogen-bond donors (Lipinski definition) is 2. The van der Waals surface area contributed by atoms with Crippen molar-refractivity contribution in [2.45, 2.75) is 6.04 Å². The highest BCUT2D eigenvalue weighted by Gasteiger charge is 2.31. The van der Waals surface area contributed by atoms with E-state index in [1.807, 2.05) is 6.20 Å². The quantitative estimate of drug-likeness (QED) is 0.687. The van der Waals surface area contributed by atoms with Crippen molar-refractivity contribution in [1.82, 2.24) is 25.7 Å². The maximum atomic E-state index is 4.44. The molecule has 0 spiro atoms. The summed E-state index contributed by atoms with van der Waals surface area (Å²) in [4.78, 5) is 13.5. The van der Waals surface area contributed by atoms with Crippen molar-refractivity contribution < 1.29 is 0 Å². The molecule has 2 fully saturated rings. The number of rotatable bonds is 5. The molecule has 2 aromatic carbocycles. The molecular formula is C24H28N6. The molecule has 5 rings (SSSR count). The third-order valence-electron chi connectivity index (χ3n) is 6.21. The Balaban J connectivity index is 1.20. The molecule has 3 heterocycles. The number of benzene rings is 2. The van der Waals surface area contributed by atoms with E-state index >= 15 is 0 Å². The van der Waals surface area contributed by atoms with Crippen molar-refractivity contribution in [1.29, 1.82) is 0 Å². The van der Waals surface area contributed by atoms with Crippen LogP contribution in [0.5, 0.6) is 0 Å². The van der Waals surface area contributed by atoms with E-state index in [-0.39, 0.29) is 0 Å². The lowest BCUT2D eigenvalue weighted by atomic mass is 9.92. The van der Waals surface area contributed by atoms with Gasteiger partial charge in [-0.15, -0.1) is 0 Å². The van der Waals surface area contributed by atoms with Crippen molar-refractivity contribution in [2.75, 3.05) is 44.2 Å². The fraction of sp³-hybridized carbons (Fsp3) is 0.333. The second-order valence-corrected chi connectivity index (χ2v) is 8.10. The standard InChI is InChI=1S/C24H28N6/c1-2-4-19(5-3-1)20-6-8-21(9-7-20)24-22(16-27-28-24)18-29-12-14-30(15-13-29)23-17-25-10-11-26-23/h1-11,17,22,24,27-28H,12-16,18H2. The average Bonchev–Trinajstić information content (AvgIpc) is 3.29. The van der Waals surface area contributed by atoms with Crippen LogP contribution >= 0.6 is 0 Å². The number of aromatic nitrogens is 2. The molecule has 2 unspecified atom stereocenters. The van der Waals surface area contributed by atoms with Crippen LogP contribution in [0.2, 0.25) is 0 Å². The Morgan fingerprint density at radius 1 is 0.867 bits per heavy atom. The molecule has 6 heteroatoms. The fourth-order valence-electron chi connectivity index (χ4n) is 4.52. The molecule has 0 aliphatic carbocycles. The van der Waals surface area contributed by atoms with Crippen LogP contribution in [0.15, 0.2) is 73.2 Å². The van der Waals surface area contributed by atoms with Crippen molar-refractivity contribution in [3.05, 3.63) is 78.8 Å². The van der Waals surface area contributed by atoms with E-state index in [0.717, 1.165) is 45.1 Å². The summed E-state index contributed by atoms with van der Waals surface area (Å²) in [7, 11) is 0. The van der Waals surface area contributed by atoms with Gasteiger partial charge >= 0.3 is 0 Å². The van der Waals surface area contributed by atoms with Crippen molar-refractivity contribution in [3.63, 3.8) is 0 Å². The Morgan fingerprint density at radius 2 is 1.63 bits per heavy atom. The van der Waals surface area contributed by atoms with Gasteiger partial charge in [-0.25, -0.2) is 10.4 Å². The Kier molecular flexibility index (Phi) is 5.70. The number of hydrogen-bond acceptors (Lipinski definition) is 6. The molecule has 0 saturated carbocycles. The van der Waals surface area contributed by atoms with Gasteiger partial charge in [-0.3, -0.25) is 15.3 Å². The van der Waals surface area contributed by atoms with Crippen LogP contribution < -0.4 is 15.8 Å². The molecule has 1 aromatic heterocycles. The van der Waals surface area contributed by atoms with Gasteiger partial charge in [0.15, 0.2) is 0 Å². The van der Waals surface area contributed by atoms with E-state index in [1.54, 1.807) is 12.4 Å². The van der Waals surface area contributed by atoms with Gasteiger partial charge in [0.05, 0.1) is 12.2 Å². The lowest BCUT2D eigenvalue weighted by Crippen LogP contribution is -2.48. The monoisotopic (exact) mass is 400 g/mol. The lowest BCUT2D eigenvalue weighted by Gasteiger charge is -2.37. The first-order valence-corrected chi connectivity index (χ1v) is 10.7. The lowest BCUT2D eigenvalue weighted by molar-refractivity contribution is 0.214. The van der Waals surface area contributed by atoms with Crippen molar-refractivity contribution in [2.24, 2.45) is 5.92 Å². The molecule has 6 nitrogen and oxygen atoms in total. The van der Waals surface area contributed by atoms with Crippen LogP contribution in [0.25, 0.3) is 11.1 Å². The smallest absolute Gasteiger partial charge is 0.147 e. The van der Waals surface area contributed by atoms with Crippen LogP contribution in [-0.2, 0) is 0 Å². The minimum atomic E-state index is 0.341. The minimum Gasteiger partial charge on any atom is -0.353 e. The molecule has 3 aromatic rings. The second kappa shape index (κ2) is 8.92. The summed E-state index contributed by atoms with van der Waals surface area (Å²) in [6.07, 6.45) is 5.35. The van der Waals surface area contributed by atoms with E-state index in [1.165, 1.54) is 16.7 Å². The average molecular weight is 401 g/mol. The highest BCUT2D eigenvalue weighted by Crippen LogP contribution is 2.28. The van der Waals surface area contributed by atoms with E-state index < -0.39 is 0 Å². The van der Waals surface area contributed by atoms with Gasteiger partial charge in [-0.1, -0.05) is 54.6 Å². The van der Waals surface area contributed by atoms with Gasteiger partial charge in [0.2, 0.25) is 0 Å². The molecule has 154 valence electrons. The first-order chi connectivity index (χ1) is 14.9. The Morgan fingerprint density at radius 3 is 2.37 bits per heavy atom. The molecule has 2 atom stereocenters. The summed E-state index contributed by atoms with van der Waals surface area (Å²) in [5.74, 6) is 1.54. The predicted octanol–water partition coefficient (Wildman–Crippen LogP) is 2.73. The highest BCUT2D eigenvalue weighted by atomic mass is 15.4. The summed E-state index contributed by atoms with van der Waals surface area (Å²) in [6.45, 7) is 6.22. The van der Waals surface area contributed by atoms with Crippen molar-refractivity contribution in [3.8, 4) is 11.1 Å². The SMILES string of the molecule is c1ccc(-c2ccc(C3NNCC3CN3CCN(c4cnccn4)CC3)cc2)cc1. The summed E-state index contributed by atoms with van der Waals surface area (Å²) < 4.78 is 0. The Labute approximate surface area is 177 Å². The molecular weight excluding hydrogens is 372 g/mol. The third kappa shape index (κ3) is 4.21. The number of piperazine rings is 1. The van der Waals surface area contributed by atoms with Gasteiger partial charge in [-0.05, 0) is 16.7 Å². The molecule has 2 aliphatic rings. The van der Waals surface area contributed by atoms with Gasteiger partial charge in [-0.2, -0.15) is 0 Å². The van der Waals surface area contributed by atoms with Crippen LogP contribution in [0, 0.1) is 5.92 Å². The molecule has 30 heavy (non-hydrogen) atoms. The first kappa shape index (κ1) is 19.2. The third-order valence-corrected chi connectivity index (χ3v) is 6.21. The molecule has 0 radical (unpaired) electrons. The molecule has 2 N–H and O–H groups in total. The number of hydrazine groups is 1. The maximum absolute atomic E-state index is 4.44. The van der Waals surface area contributed by atoms with E-state index in [9.17, 15) is 0 Å².